The van der Waals surface area contributed by atoms with Crippen LogP contribution in [-0.2, 0) is 10.0 Å². The van der Waals surface area contributed by atoms with Gasteiger partial charge in [0.15, 0.2) is 0 Å². The monoisotopic (exact) mass is 285 g/mol. The van der Waals surface area contributed by atoms with E-state index >= 15 is 0 Å². The van der Waals surface area contributed by atoms with E-state index in [2.05, 4.69) is 14.7 Å². The molecule has 0 fully saturated rings. The number of sulfonamides is 1. The molecule has 0 unspecified atom stereocenters. The lowest BCUT2D eigenvalue weighted by Crippen LogP contribution is -2.26. The molecular weight excluding hydrogens is 278 g/mol. The Bertz CT molecular complexity index is 631. The van der Waals surface area contributed by atoms with E-state index < -0.39 is 10.0 Å². The molecule has 0 aromatic heterocycles. The first-order valence-corrected chi connectivity index (χ1v) is 6.57. The first-order valence-electron chi connectivity index (χ1n) is 4.71. The van der Waals surface area contributed by atoms with Crippen LogP contribution in [0.5, 0.6) is 0 Å². The Balaban J connectivity index is 2.98. The number of nitrogens with one attached hydrogen (secondary N) is 1. The molecule has 0 aliphatic carbocycles. The molecule has 0 amide bonds. The zero-order valence-corrected chi connectivity index (χ0v) is 10.6. The van der Waals surface area contributed by atoms with Gasteiger partial charge >= 0.3 is 0 Å². The summed E-state index contributed by atoms with van der Waals surface area (Å²) in [6, 6.07) is 5.76. The molecule has 7 nitrogen and oxygen atoms in total. The van der Waals surface area contributed by atoms with Gasteiger partial charge < -0.3 is 0 Å². The van der Waals surface area contributed by atoms with Crippen molar-refractivity contribution in [2.45, 2.75) is 4.90 Å². The lowest BCUT2D eigenvalue weighted by Gasteiger charge is -2.07. The van der Waals surface area contributed by atoms with Crippen LogP contribution in [0.2, 0.25) is 5.02 Å². The van der Waals surface area contributed by atoms with Gasteiger partial charge in [-0.3, -0.25) is 0 Å². The van der Waals surface area contributed by atoms with Crippen LogP contribution in [-0.4, -0.2) is 21.5 Å². The summed E-state index contributed by atoms with van der Waals surface area (Å²) in [6.45, 7) is -0.0508. The molecule has 18 heavy (non-hydrogen) atoms. The minimum absolute atomic E-state index is 0.00864. The Morgan fingerprint density at radius 2 is 2.28 bits per heavy atom. The van der Waals surface area contributed by atoms with Gasteiger partial charge in [-0.1, -0.05) is 16.7 Å². The van der Waals surface area contributed by atoms with Crippen molar-refractivity contribution >= 4 is 21.6 Å². The number of hydrogen-bond acceptors (Lipinski definition) is 4. The number of azide groups is 1. The molecule has 1 aromatic rings. The molecule has 0 heterocycles. The van der Waals surface area contributed by atoms with Crippen molar-refractivity contribution in [1.29, 1.82) is 5.26 Å². The van der Waals surface area contributed by atoms with Gasteiger partial charge in [-0.2, -0.15) is 5.26 Å². The highest BCUT2D eigenvalue weighted by Gasteiger charge is 2.17. The van der Waals surface area contributed by atoms with Crippen LogP contribution in [0.25, 0.3) is 10.4 Å². The predicted molar refractivity (Wildman–Crippen MR) is 65.4 cm³/mol. The molecule has 0 bridgehead atoms. The summed E-state index contributed by atoms with van der Waals surface area (Å²) in [5.41, 5.74) is 8.24. The zero-order valence-electron chi connectivity index (χ0n) is 9.04. The van der Waals surface area contributed by atoms with Crippen molar-refractivity contribution in [3.63, 3.8) is 0 Å². The molecule has 0 atom stereocenters. The normalized spacial score (nSPS) is 10.4. The molecule has 9 heteroatoms. The number of benzene rings is 1. The van der Waals surface area contributed by atoms with Crippen LogP contribution in [0.1, 0.15) is 5.56 Å². The highest BCUT2D eigenvalue weighted by atomic mass is 35.5. The van der Waals surface area contributed by atoms with Crippen LogP contribution in [0, 0.1) is 11.3 Å². The maximum absolute atomic E-state index is 11.8. The van der Waals surface area contributed by atoms with E-state index in [1.807, 2.05) is 6.07 Å². The van der Waals surface area contributed by atoms with Crippen LogP contribution < -0.4 is 4.72 Å². The first-order chi connectivity index (χ1) is 8.51. The van der Waals surface area contributed by atoms with Gasteiger partial charge in [0.25, 0.3) is 0 Å². The summed E-state index contributed by atoms with van der Waals surface area (Å²) in [7, 11) is -3.82. The van der Waals surface area contributed by atoms with Gasteiger partial charge in [0.05, 0.1) is 16.7 Å². The summed E-state index contributed by atoms with van der Waals surface area (Å²) in [5.74, 6) is 0. The van der Waals surface area contributed by atoms with Gasteiger partial charge in [0, 0.05) is 18.0 Å². The standard InChI is InChI=1S/C9H8ClN5O2S/c10-8-2-1-7(6-11)5-9(8)18(16,17)14-4-3-13-15-12/h1-2,5,14H,3-4H2. The molecule has 0 saturated carbocycles. The summed E-state index contributed by atoms with van der Waals surface area (Å²) in [6.07, 6.45) is 0. The Labute approximate surface area is 109 Å². The van der Waals surface area contributed by atoms with Crippen molar-refractivity contribution < 1.29 is 8.42 Å². The van der Waals surface area contributed by atoms with Gasteiger partial charge in [-0.15, -0.1) is 0 Å². The Morgan fingerprint density at radius 3 is 2.89 bits per heavy atom. The fourth-order valence-electron chi connectivity index (χ4n) is 1.13. The summed E-state index contributed by atoms with van der Waals surface area (Å²) in [5, 5.41) is 11.9. The second-order valence-corrected chi connectivity index (χ2v) is 5.25. The van der Waals surface area contributed by atoms with E-state index in [0.29, 0.717) is 0 Å². The van der Waals surface area contributed by atoms with E-state index in [1.165, 1.54) is 18.2 Å². The fraction of sp³-hybridized carbons (Fsp3) is 0.222. The average Bonchev–Trinajstić information content (AvgIpc) is 2.35. The molecule has 94 valence electrons. The molecule has 1 aromatic carbocycles. The largest absolute Gasteiger partial charge is 0.242 e. The molecular formula is C9H8ClN5O2S. The maximum Gasteiger partial charge on any atom is 0.242 e. The van der Waals surface area contributed by atoms with Crippen LogP contribution in [0.15, 0.2) is 28.2 Å². The van der Waals surface area contributed by atoms with Gasteiger partial charge in [-0.25, -0.2) is 13.1 Å². The smallest absolute Gasteiger partial charge is 0.211 e. The maximum atomic E-state index is 11.8. The third-order valence-corrected chi connectivity index (χ3v) is 3.86. The lowest BCUT2D eigenvalue weighted by atomic mass is 10.2. The Hall–Kier alpha value is -1.78. The summed E-state index contributed by atoms with van der Waals surface area (Å²) >= 11 is 5.77. The fourth-order valence-corrected chi connectivity index (χ4v) is 2.68. The molecule has 0 aliphatic rings. The molecule has 1 rings (SSSR count). The van der Waals surface area contributed by atoms with Crippen LogP contribution in [0.3, 0.4) is 0 Å². The van der Waals surface area contributed by atoms with Crippen molar-refractivity contribution in [2.75, 3.05) is 13.1 Å². The minimum atomic E-state index is -3.82. The van der Waals surface area contributed by atoms with Crippen molar-refractivity contribution in [1.82, 2.24) is 4.72 Å². The molecule has 0 radical (unpaired) electrons. The van der Waals surface area contributed by atoms with Crippen molar-refractivity contribution in [3.8, 4) is 6.07 Å². The third kappa shape index (κ3) is 3.61. The topological polar surface area (TPSA) is 119 Å². The highest BCUT2D eigenvalue weighted by Crippen LogP contribution is 2.22. The second kappa shape index (κ2) is 6.23. The number of nitrogens with zero attached hydrogens (tertiary/aromatic N) is 4. The minimum Gasteiger partial charge on any atom is -0.211 e. The van der Waals surface area contributed by atoms with E-state index in [9.17, 15) is 8.42 Å². The van der Waals surface area contributed by atoms with E-state index in [1.54, 1.807) is 0 Å². The van der Waals surface area contributed by atoms with Gasteiger partial charge in [0.2, 0.25) is 10.0 Å². The number of rotatable bonds is 5. The second-order valence-electron chi connectivity index (χ2n) is 3.11. The molecule has 0 saturated heterocycles. The molecule has 0 aliphatic heterocycles. The lowest BCUT2D eigenvalue weighted by molar-refractivity contribution is 0.582. The predicted octanol–water partition coefficient (Wildman–Crippen LogP) is 1.80. The molecule has 0 spiro atoms. The highest BCUT2D eigenvalue weighted by molar-refractivity contribution is 7.89. The van der Waals surface area contributed by atoms with Gasteiger partial charge in [-0.05, 0) is 23.7 Å². The van der Waals surface area contributed by atoms with Crippen molar-refractivity contribution in [2.24, 2.45) is 5.11 Å². The summed E-state index contributed by atoms with van der Waals surface area (Å²) in [4.78, 5) is 2.32. The number of nitriles is 1. The van der Waals surface area contributed by atoms with Gasteiger partial charge in [0.1, 0.15) is 4.90 Å². The van der Waals surface area contributed by atoms with E-state index in [-0.39, 0.29) is 28.6 Å². The average molecular weight is 286 g/mol. The summed E-state index contributed by atoms with van der Waals surface area (Å²) < 4.78 is 25.9. The number of halogens is 1. The van der Waals surface area contributed by atoms with Crippen molar-refractivity contribution in [3.05, 3.63) is 39.2 Å². The number of hydrogen-bond donors (Lipinski definition) is 1. The zero-order chi connectivity index (χ0) is 13.6. The Kier molecular flexibility index (Phi) is 4.95. The van der Waals surface area contributed by atoms with Crippen LogP contribution in [0.4, 0.5) is 0 Å². The Morgan fingerprint density at radius 1 is 1.56 bits per heavy atom. The first kappa shape index (κ1) is 14.3. The van der Waals surface area contributed by atoms with E-state index in [4.69, 9.17) is 22.4 Å². The SMILES string of the molecule is N#Cc1ccc(Cl)c(S(=O)(=O)NCCN=[N+]=[N-])c1. The quantitative estimate of drug-likeness (QED) is 0.384. The third-order valence-electron chi connectivity index (χ3n) is 1.92. The van der Waals surface area contributed by atoms with Crippen LogP contribution >= 0.6 is 11.6 Å². The van der Waals surface area contributed by atoms with E-state index in [0.717, 1.165) is 0 Å². The molecule has 1 N–H and O–H groups in total.